The Bertz CT molecular complexity index is 1040. The summed E-state index contributed by atoms with van der Waals surface area (Å²) in [4.78, 5) is 24.1. The van der Waals surface area contributed by atoms with Crippen LogP contribution < -0.4 is 14.8 Å². The van der Waals surface area contributed by atoms with Crippen LogP contribution >= 0.6 is 0 Å². The summed E-state index contributed by atoms with van der Waals surface area (Å²) < 4.78 is 22.0. The molecular formula is C24H23NO6. The smallest absolute Gasteiger partial charge is 0.306 e. The molecule has 1 aliphatic rings. The third-order valence-electron chi connectivity index (χ3n) is 4.69. The number of rotatable bonds is 7. The lowest BCUT2D eigenvalue weighted by Gasteiger charge is -2.10. The minimum absolute atomic E-state index is 0.124. The molecule has 0 atom stereocenters. The van der Waals surface area contributed by atoms with Crippen molar-refractivity contribution in [2.75, 3.05) is 25.1 Å². The van der Waals surface area contributed by atoms with E-state index in [1.165, 1.54) is 0 Å². The molecule has 1 N–H and O–H groups in total. The van der Waals surface area contributed by atoms with E-state index >= 15 is 0 Å². The maximum Gasteiger partial charge on any atom is 0.306 e. The van der Waals surface area contributed by atoms with Gasteiger partial charge < -0.3 is 23.9 Å². The first-order valence-electron chi connectivity index (χ1n) is 10.2. The fraction of sp³-hybridized carbons (Fsp3) is 0.250. The standard InChI is InChI=1S/C24H23NO6/c26-23(25-18-7-10-21-22(15-18)29-14-4-13-28-21)16-30-24(27)12-9-19-8-11-20(31-19)17-5-2-1-3-6-17/h1-3,5-8,10-11,15H,4,9,12-14,16H2,(H,25,26). The third-order valence-corrected chi connectivity index (χ3v) is 4.69. The van der Waals surface area contributed by atoms with Crippen molar-refractivity contribution < 1.29 is 28.2 Å². The molecule has 2 heterocycles. The van der Waals surface area contributed by atoms with E-state index in [2.05, 4.69) is 5.32 Å². The van der Waals surface area contributed by atoms with Crippen LogP contribution in [0.25, 0.3) is 11.3 Å². The predicted octanol–water partition coefficient (Wildman–Crippen LogP) is 4.22. The van der Waals surface area contributed by atoms with Crippen LogP contribution in [0.5, 0.6) is 11.5 Å². The van der Waals surface area contributed by atoms with Crippen LogP contribution in [0, 0.1) is 0 Å². The number of hydrogen-bond acceptors (Lipinski definition) is 6. The zero-order chi connectivity index (χ0) is 21.5. The normalized spacial score (nSPS) is 12.6. The number of carbonyl (C=O) groups excluding carboxylic acids is 2. The first-order valence-corrected chi connectivity index (χ1v) is 10.2. The molecule has 0 unspecified atom stereocenters. The van der Waals surface area contributed by atoms with E-state index in [0.29, 0.717) is 42.6 Å². The van der Waals surface area contributed by atoms with E-state index in [1.807, 2.05) is 42.5 Å². The van der Waals surface area contributed by atoms with Crippen molar-refractivity contribution in [3.05, 3.63) is 66.4 Å². The average molecular weight is 421 g/mol. The second-order valence-corrected chi connectivity index (χ2v) is 7.05. The van der Waals surface area contributed by atoms with Crippen molar-refractivity contribution in [3.8, 4) is 22.8 Å². The molecule has 0 fully saturated rings. The molecule has 0 aliphatic carbocycles. The third kappa shape index (κ3) is 5.66. The van der Waals surface area contributed by atoms with Gasteiger partial charge in [-0.2, -0.15) is 0 Å². The summed E-state index contributed by atoms with van der Waals surface area (Å²) in [5, 5.41) is 2.69. The number of esters is 1. The van der Waals surface area contributed by atoms with Crippen LogP contribution in [-0.4, -0.2) is 31.7 Å². The molecule has 0 spiro atoms. The molecule has 3 aromatic rings. The highest BCUT2D eigenvalue weighted by molar-refractivity contribution is 5.93. The summed E-state index contributed by atoms with van der Waals surface area (Å²) in [6.07, 6.45) is 1.33. The Morgan fingerprint density at radius 2 is 1.74 bits per heavy atom. The molecule has 4 rings (SSSR count). The molecule has 1 amide bonds. The first-order chi connectivity index (χ1) is 15.2. The number of nitrogens with one attached hydrogen (secondary N) is 1. The Hall–Kier alpha value is -3.74. The average Bonchev–Trinajstić information content (AvgIpc) is 3.15. The van der Waals surface area contributed by atoms with Crippen molar-refractivity contribution in [1.29, 1.82) is 0 Å². The van der Waals surface area contributed by atoms with Crippen LogP contribution in [-0.2, 0) is 20.7 Å². The van der Waals surface area contributed by atoms with Gasteiger partial charge in [-0.05, 0) is 24.3 Å². The minimum Gasteiger partial charge on any atom is -0.490 e. The molecule has 2 aromatic carbocycles. The van der Waals surface area contributed by atoms with E-state index in [9.17, 15) is 9.59 Å². The van der Waals surface area contributed by atoms with E-state index < -0.39 is 11.9 Å². The van der Waals surface area contributed by atoms with Crippen molar-refractivity contribution >= 4 is 17.6 Å². The van der Waals surface area contributed by atoms with Gasteiger partial charge in [0.15, 0.2) is 18.1 Å². The molecule has 0 saturated carbocycles. The number of carbonyl (C=O) groups is 2. The second-order valence-electron chi connectivity index (χ2n) is 7.05. The molecule has 160 valence electrons. The molecule has 0 radical (unpaired) electrons. The van der Waals surface area contributed by atoms with Gasteiger partial charge in [-0.3, -0.25) is 9.59 Å². The number of hydrogen-bond donors (Lipinski definition) is 1. The monoisotopic (exact) mass is 421 g/mol. The topological polar surface area (TPSA) is 87.0 Å². The SMILES string of the molecule is O=C(COC(=O)CCc1ccc(-c2ccccc2)o1)Nc1ccc2c(c1)OCCCO2. The second kappa shape index (κ2) is 9.84. The van der Waals surface area contributed by atoms with Crippen molar-refractivity contribution in [3.63, 3.8) is 0 Å². The van der Waals surface area contributed by atoms with Crippen LogP contribution in [0.1, 0.15) is 18.6 Å². The fourth-order valence-corrected chi connectivity index (χ4v) is 3.15. The minimum atomic E-state index is -0.466. The van der Waals surface area contributed by atoms with E-state index in [1.54, 1.807) is 18.2 Å². The lowest BCUT2D eigenvalue weighted by molar-refractivity contribution is -0.147. The lowest BCUT2D eigenvalue weighted by atomic mass is 10.2. The zero-order valence-corrected chi connectivity index (χ0v) is 17.0. The summed E-state index contributed by atoms with van der Waals surface area (Å²) in [6, 6.07) is 18.6. The molecule has 7 heteroatoms. The van der Waals surface area contributed by atoms with Gasteiger partial charge in [-0.25, -0.2) is 0 Å². The van der Waals surface area contributed by atoms with E-state index in [0.717, 1.165) is 17.7 Å². The maximum atomic E-state index is 12.1. The number of furan rings is 1. The largest absolute Gasteiger partial charge is 0.490 e. The van der Waals surface area contributed by atoms with Crippen LogP contribution in [0.3, 0.4) is 0 Å². The van der Waals surface area contributed by atoms with Crippen LogP contribution in [0.15, 0.2) is 65.1 Å². The van der Waals surface area contributed by atoms with Gasteiger partial charge in [0.2, 0.25) is 0 Å². The zero-order valence-electron chi connectivity index (χ0n) is 17.0. The van der Waals surface area contributed by atoms with E-state index in [4.69, 9.17) is 18.6 Å². The van der Waals surface area contributed by atoms with Gasteiger partial charge in [0.1, 0.15) is 11.5 Å². The molecule has 0 saturated heterocycles. The van der Waals surface area contributed by atoms with Crippen LogP contribution in [0.4, 0.5) is 5.69 Å². The highest BCUT2D eigenvalue weighted by atomic mass is 16.5. The number of ether oxygens (including phenoxy) is 3. The maximum absolute atomic E-state index is 12.1. The Balaban J connectivity index is 1.21. The Morgan fingerprint density at radius 1 is 0.935 bits per heavy atom. The van der Waals surface area contributed by atoms with Gasteiger partial charge >= 0.3 is 5.97 Å². The number of benzene rings is 2. The summed E-state index contributed by atoms with van der Waals surface area (Å²) in [5.41, 5.74) is 1.53. The van der Waals surface area contributed by atoms with Gasteiger partial charge in [-0.1, -0.05) is 30.3 Å². The Labute approximate surface area is 179 Å². The van der Waals surface area contributed by atoms with Crippen LogP contribution in [0.2, 0.25) is 0 Å². The first kappa shape index (κ1) is 20.5. The van der Waals surface area contributed by atoms with Crippen molar-refractivity contribution in [2.24, 2.45) is 0 Å². The molecular weight excluding hydrogens is 398 g/mol. The van der Waals surface area contributed by atoms with E-state index in [-0.39, 0.29) is 13.0 Å². The quantitative estimate of drug-likeness (QED) is 0.575. The lowest BCUT2D eigenvalue weighted by Crippen LogP contribution is -2.21. The molecule has 1 aliphatic heterocycles. The highest BCUT2D eigenvalue weighted by Gasteiger charge is 2.14. The summed E-state index contributed by atoms with van der Waals surface area (Å²) in [5.74, 6) is 1.78. The summed E-state index contributed by atoms with van der Waals surface area (Å²) >= 11 is 0. The summed E-state index contributed by atoms with van der Waals surface area (Å²) in [6.45, 7) is 0.797. The Morgan fingerprint density at radius 3 is 2.58 bits per heavy atom. The molecule has 0 bridgehead atoms. The summed E-state index contributed by atoms with van der Waals surface area (Å²) in [7, 11) is 0. The Kier molecular flexibility index (Phi) is 6.52. The number of fused-ring (bicyclic) bond motifs is 1. The number of amides is 1. The molecule has 7 nitrogen and oxygen atoms in total. The van der Waals surface area contributed by atoms with Gasteiger partial charge in [0.25, 0.3) is 5.91 Å². The molecule has 1 aromatic heterocycles. The van der Waals surface area contributed by atoms with Gasteiger partial charge in [0, 0.05) is 30.2 Å². The van der Waals surface area contributed by atoms with Gasteiger partial charge in [-0.15, -0.1) is 0 Å². The van der Waals surface area contributed by atoms with Crippen molar-refractivity contribution in [1.82, 2.24) is 0 Å². The molecule has 31 heavy (non-hydrogen) atoms. The predicted molar refractivity (Wildman–Crippen MR) is 114 cm³/mol. The number of aryl methyl sites for hydroxylation is 1. The van der Waals surface area contributed by atoms with Crippen molar-refractivity contribution in [2.45, 2.75) is 19.3 Å². The highest BCUT2D eigenvalue weighted by Crippen LogP contribution is 2.32. The fourth-order valence-electron chi connectivity index (χ4n) is 3.15. The van der Waals surface area contributed by atoms with Gasteiger partial charge in [0.05, 0.1) is 19.6 Å². The number of anilines is 1.